The molecular weight excluding hydrogens is 410 g/mol. The highest BCUT2D eigenvalue weighted by atomic mass is 16.5. The van der Waals surface area contributed by atoms with Gasteiger partial charge in [0.05, 0.1) is 5.92 Å². The van der Waals surface area contributed by atoms with Crippen molar-refractivity contribution in [2.24, 2.45) is 17.3 Å². The number of carbonyl (C=O) groups excluding carboxylic acids is 3. The molecule has 0 radical (unpaired) electrons. The lowest BCUT2D eigenvalue weighted by atomic mass is 9.83. The van der Waals surface area contributed by atoms with Gasteiger partial charge >= 0.3 is 0 Å². The van der Waals surface area contributed by atoms with Crippen molar-refractivity contribution in [3.63, 3.8) is 0 Å². The first-order valence-corrected chi connectivity index (χ1v) is 11.3. The van der Waals surface area contributed by atoms with Gasteiger partial charge in [-0.2, -0.15) is 0 Å². The number of nitrogens with one attached hydrogen (secondary N) is 3. The summed E-state index contributed by atoms with van der Waals surface area (Å²) >= 11 is 0. The monoisotopic (exact) mass is 447 g/mol. The first kappa shape index (κ1) is 25.8. The molecular formula is C24H37N3O5. The lowest BCUT2D eigenvalue weighted by Crippen LogP contribution is -2.56. The fraction of sp³-hybridized carbons (Fsp3) is 0.625. The van der Waals surface area contributed by atoms with Crippen molar-refractivity contribution in [1.29, 1.82) is 0 Å². The molecule has 3 atom stereocenters. The quantitative estimate of drug-likeness (QED) is 0.323. The van der Waals surface area contributed by atoms with Crippen LogP contribution < -0.4 is 16.1 Å². The molecule has 0 saturated carbocycles. The molecule has 0 heterocycles. The molecule has 32 heavy (non-hydrogen) atoms. The molecule has 1 aromatic carbocycles. The van der Waals surface area contributed by atoms with E-state index >= 15 is 0 Å². The Morgan fingerprint density at radius 1 is 1.09 bits per heavy atom. The average molecular weight is 448 g/mol. The molecule has 0 aliphatic heterocycles. The van der Waals surface area contributed by atoms with Gasteiger partial charge in [0, 0.05) is 13.7 Å². The number of hydrogen-bond donors (Lipinski definition) is 4. The van der Waals surface area contributed by atoms with Gasteiger partial charge in [0.1, 0.15) is 12.1 Å². The topological polar surface area (TPSA) is 117 Å². The number of hydroxylamine groups is 1. The Morgan fingerprint density at radius 2 is 1.69 bits per heavy atom. The van der Waals surface area contributed by atoms with Crippen molar-refractivity contribution >= 4 is 17.7 Å². The predicted molar refractivity (Wildman–Crippen MR) is 121 cm³/mol. The van der Waals surface area contributed by atoms with Crippen LogP contribution in [0.4, 0.5) is 0 Å². The molecule has 1 aliphatic carbocycles. The van der Waals surface area contributed by atoms with Gasteiger partial charge < -0.3 is 15.4 Å². The highest BCUT2D eigenvalue weighted by Gasteiger charge is 2.41. The molecule has 0 fully saturated rings. The number of rotatable bonds is 10. The van der Waals surface area contributed by atoms with E-state index in [4.69, 9.17) is 4.74 Å². The summed E-state index contributed by atoms with van der Waals surface area (Å²) in [5, 5.41) is 14.7. The summed E-state index contributed by atoms with van der Waals surface area (Å²) in [6.45, 7) is 7.76. The van der Waals surface area contributed by atoms with E-state index in [1.807, 2.05) is 39.8 Å². The number of amides is 3. The summed E-state index contributed by atoms with van der Waals surface area (Å²) in [6, 6.07) is 7.37. The summed E-state index contributed by atoms with van der Waals surface area (Å²) in [6.07, 6.45) is 1.50. The lowest BCUT2D eigenvalue weighted by Gasteiger charge is -2.33. The van der Waals surface area contributed by atoms with Crippen LogP contribution >= 0.6 is 0 Å². The SMILES string of the molecule is CCCO[C@H](C(=O)NO)[C@@H](CC1Cc2ccccc2C1)C(=O)N[C@H](C(=O)NC)C(C)(C)C. The summed E-state index contributed by atoms with van der Waals surface area (Å²) in [4.78, 5) is 38.4. The van der Waals surface area contributed by atoms with Crippen molar-refractivity contribution in [1.82, 2.24) is 16.1 Å². The zero-order chi connectivity index (χ0) is 23.9. The third-order valence-electron chi connectivity index (χ3n) is 5.96. The minimum absolute atomic E-state index is 0.149. The van der Waals surface area contributed by atoms with Crippen molar-refractivity contribution in [3.05, 3.63) is 35.4 Å². The van der Waals surface area contributed by atoms with Gasteiger partial charge in [-0.1, -0.05) is 52.0 Å². The Balaban J connectivity index is 2.30. The van der Waals surface area contributed by atoms with Crippen LogP contribution in [0.15, 0.2) is 24.3 Å². The van der Waals surface area contributed by atoms with Crippen LogP contribution in [-0.4, -0.2) is 48.7 Å². The number of carbonyl (C=O) groups is 3. The zero-order valence-electron chi connectivity index (χ0n) is 19.7. The van der Waals surface area contributed by atoms with Gasteiger partial charge in [-0.3, -0.25) is 19.6 Å². The molecule has 8 heteroatoms. The highest BCUT2D eigenvalue weighted by Crippen LogP contribution is 2.33. The Labute approximate surface area is 190 Å². The van der Waals surface area contributed by atoms with E-state index in [0.29, 0.717) is 12.8 Å². The van der Waals surface area contributed by atoms with E-state index in [-0.39, 0.29) is 18.4 Å². The maximum atomic E-state index is 13.5. The summed E-state index contributed by atoms with van der Waals surface area (Å²) in [5.74, 6) is -2.22. The third-order valence-corrected chi connectivity index (χ3v) is 5.96. The van der Waals surface area contributed by atoms with E-state index in [0.717, 1.165) is 12.8 Å². The van der Waals surface area contributed by atoms with Gasteiger partial charge in [0.15, 0.2) is 0 Å². The highest BCUT2D eigenvalue weighted by molar-refractivity contribution is 5.92. The maximum absolute atomic E-state index is 13.5. The molecule has 178 valence electrons. The number of benzene rings is 1. The van der Waals surface area contributed by atoms with Gasteiger partial charge in [0.25, 0.3) is 5.91 Å². The lowest BCUT2D eigenvalue weighted by molar-refractivity contribution is -0.152. The first-order valence-electron chi connectivity index (χ1n) is 11.3. The molecule has 0 aromatic heterocycles. The van der Waals surface area contributed by atoms with Crippen LogP contribution in [0, 0.1) is 17.3 Å². The van der Waals surface area contributed by atoms with Crippen molar-refractivity contribution in [3.8, 4) is 0 Å². The number of ether oxygens (including phenoxy) is 1. The fourth-order valence-corrected chi connectivity index (χ4v) is 4.30. The summed E-state index contributed by atoms with van der Waals surface area (Å²) in [7, 11) is 1.52. The fourth-order valence-electron chi connectivity index (χ4n) is 4.30. The first-order chi connectivity index (χ1) is 15.1. The molecule has 1 aromatic rings. The Bertz CT molecular complexity index is 780. The molecule has 3 amide bonds. The Morgan fingerprint density at radius 3 is 2.16 bits per heavy atom. The Kier molecular flexibility index (Phi) is 9.21. The van der Waals surface area contributed by atoms with Gasteiger partial charge in [-0.15, -0.1) is 0 Å². The van der Waals surface area contributed by atoms with Crippen molar-refractivity contribution < 1.29 is 24.3 Å². The van der Waals surface area contributed by atoms with Gasteiger partial charge in [-0.25, -0.2) is 5.48 Å². The predicted octanol–water partition coefficient (Wildman–Crippen LogP) is 1.99. The minimum atomic E-state index is -1.16. The largest absolute Gasteiger partial charge is 0.367 e. The molecule has 2 rings (SSSR count). The van der Waals surface area contributed by atoms with Crippen LogP contribution in [0.3, 0.4) is 0 Å². The van der Waals surface area contributed by atoms with Crippen LogP contribution in [0.25, 0.3) is 0 Å². The van der Waals surface area contributed by atoms with Crippen LogP contribution in [0.5, 0.6) is 0 Å². The Hall–Kier alpha value is -2.45. The zero-order valence-corrected chi connectivity index (χ0v) is 19.7. The standard InChI is InChI=1S/C24H37N3O5/c1-6-11-32-19(22(29)27-31)18(14-15-12-16-9-7-8-10-17(16)13-15)21(28)26-20(23(30)25-5)24(2,3)4/h7-10,15,18-20,31H,6,11-14H2,1-5H3,(H,25,30)(H,26,28)(H,27,29)/t18-,19+,20-/m1/s1. The number of fused-ring (bicyclic) bond motifs is 1. The molecule has 1 aliphatic rings. The molecule has 0 spiro atoms. The number of hydrogen-bond acceptors (Lipinski definition) is 5. The van der Waals surface area contributed by atoms with E-state index in [1.54, 1.807) is 5.48 Å². The second kappa shape index (κ2) is 11.4. The van der Waals surface area contributed by atoms with Crippen molar-refractivity contribution in [2.75, 3.05) is 13.7 Å². The number of likely N-dealkylation sites (N-methyl/N-ethyl adjacent to an activating group) is 1. The van der Waals surface area contributed by atoms with Crippen LogP contribution in [0.2, 0.25) is 0 Å². The van der Waals surface area contributed by atoms with Gasteiger partial charge in [-0.05, 0) is 48.1 Å². The second-order valence-corrected chi connectivity index (χ2v) is 9.57. The smallest absolute Gasteiger partial charge is 0.273 e. The second-order valence-electron chi connectivity index (χ2n) is 9.57. The molecule has 4 N–H and O–H groups in total. The van der Waals surface area contributed by atoms with E-state index in [9.17, 15) is 19.6 Å². The molecule has 0 saturated heterocycles. The van der Waals surface area contributed by atoms with E-state index in [1.165, 1.54) is 18.2 Å². The minimum Gasteiger partial charge on any atom is -0.367 e. The summed E-state index contributed by atoms with van der Waals surface area (Å²) in [5.41, 5.74) is 3.59. The molecule has 8 nitrogen and oxygen atoms in total. The average Bonchev–Trinajstić information content (AvgIpc) is 3.17. The molecule has 0 bridgehead atoms. The van der Waals surface area contributed by atoms with E-state index < -0.39 is 35.3 Å². The maximum Gasteiger partial charge on any atom is 0.273 e. The van der Waals surface area contributed by atoms with Crippen LogP contribution in [-0.2, 0) is 32.0 Å². The summed E-state index contributed by atoms with van der Waals surface area (Å²) < 4.78 is 5.74. The van der Waals surface area contributed by atoms with Crippen molar-refractivity contribution in [2.45, 2.75) is 65.5 Å². The molecule has 0 unspecified atom stereocenters. The normalized spacial score (nSPS) is 16.6. The third kappa shape index (κ3) is 6.53. The van der Waals surface area contributed by atoms with Crippen LogP contribution in [0.1, 0.15) is 51.7 Å². The van der Waals surface area contributed by atoms with E-state index in [2.05, 4.69) is 22.8 Å². The van der Waals surface area contributed by atoms with Gasteiger partial charge in [0.2, 0.25) is 11.8 Å².